The maximum absolute atomic E-state index is 12.1. The van der Waals surface area contributed by atoms with Crippen molar-refractivity contribution in [2.75, 3.05) is 20.4 Å². The summed E-state index contributed by atoms with van der Waals surface area (Å²) in [5.74, 6) is -15.7. The molecular weight excluding hydrogens is 1760 g/mol. The second-order valence-electron chi connectivity index (χ2n) is 29.1. The molecule has 15 atom stereocenters. The molecule has 0 aliphatic heterocycles. The summed E-state index contributed by atoms with van der Waals surface area (Å²) in [6.45, 7) is 22.2. The van der Waals surface area contributed by atoms with E-state index >= 15 is 0 Å². The molecule has 0 radical (unpaired) electrons. The lowest BCUT2D eigenvalue weighted by Gasteiger charge is -2.30. The zero-order valence-electron chi connectivity index (χ0n) is 73.4. The van der Waals surface area contributed by atoms with Crippen molar-refractivity contribution < 1.29 is 236 Å². The van der Waals surface area contributed by atoms with E-state index in [1.807, 2.05) is 0 Å². The molecule has 0 aromatic heterocycles. The standard InChI is InChI=1S/C13H24N2O8.2C12H22N2O8.2C11H20N2O8.C10H18N2O8/c1-7(22-23-20)21-12(19)10(13(2,3)4)15-9(16)6-5-8(14)11(17)18;1-12(2,3)9(11(18)20-6-21-22-19)14-8(15)5-4-7(13)10(16)17;1-6(2)10(12(18)20-7(3)21-22-19)14-9(15)5-4-8(13)11(16)17;1-6(2)9(11(17)19-5-20-21-18)13-8(14)4-3-7(12)10(15)16;1-3-8(11(17)19-6(2)20-21-18)13-9(14)5-4-7(12)10(15)16;1-2-7(10(16)18-5-19-20-17)12-8(13)4-3-6(11)9(14)15/h7-8,10,20H,5-6,14H2,1-4H3,(H,15,16)(H,17,18);7,9,19H,4-6,13H2,1-3H3,(H,14,15)(H,16,17);6-8,10,19H,4-5,13H2,1-3H3,(H,14,15)(H,16,17);6-7,9,18H,3-5,12H2,1-2H3,(H,13,14)(H,15,16);6-8,18H,3-5,12H2,1-2H3,(H,13,14)(H,15,16);6-7,17H,2-5,11H2,1H3,(H,12,13)(H,14,15)/t7-,8+,10-;7-,9+;7-,8+,10+;7-,9-;6-,7+,8+;6-,7-/m101010/s1. The number of carboxylic acids is 6. The number of carboxylic acid groups (broad SMARTS) is 6. The summed E-state index contributed by atoms with van der Waals surface area (Å²) in [7, 11) is 0. The number of hydrogen-bond acceptors (Lipinski definition) is 48. The van der Waals surface area contributed by atoms with Crippen LogP contribution in [0.4, 0.5) is 0 Å². The van der Waals surface area contributed by atoms with E-state index < -0.39 is 230 Å². The second kappa shape index (κ2) is 73.3. The van der Waals surface area contributed by atoms with Crippen molar-refractivity contribution in [2.45, 2.75) is 285 Å². The molecule has 0 aromatic rings. The summed E-state index contributed by atoms with van der Waals surface area (Å²) in [5.41, 5.74) is 30.3. The number of hydrogen-bond donors (Lipinski definition) is 24. The lowest BCUT2D eigenvalue weighted by molar-refractivity contribution is -0.523. The van der Waals surface area contributed by atoms with E-state index in [-0.39, 0.29) is 102 Å². The predicted molar refractivity (Wildman–Crippen MR) is 418 cm³/mol. The minimum absolute atomic E-state index is 0.0475. The van der Waals surface area contributed by atoms with E-state index in [9.17, 15) is 86.3 Å². The van der Waals surface area contributed by atoms with Gasteiger partial charge in [0.2, 0.25) is 74.7 Å². The summed E-state index contributed by atoms with van der Waals surface area (Å²) in [6.07, 6.45) is -4.19. The van der Waals surface area contributed by atoms with Crippen molar-refractivity contribution in [2.24, 2.45) is 57.1 Å². The SMILES string of the molecule is CC(C)(C)[C@H](NC(=O)CC[C@H](N)C(=O)O)C(=O)OCOOO.CC(C)[C@H](NC(=O)CC[C@H](N)C(=O)O)C(=O)OCOOO.CC(C)[C@H](NC(=O)CC[C@H](N)C(=O)O)C(=O)O[C@@H](C)OOO.CC[C@H](NC(=O)CC[C@H](N)C(=O)O)C(=O)OCOOO.CC[C@H](NC(=O)CC[C@H](N)C(=O)O)C(=O)O[C@@H](C)OOO.C[C@@H](OOO)OC(=O)[C@@H](NC(=O)CC[C@H](N)C(=O)O)C(C)(C)C. The molecule has 0 aliphatic carbocycles. The number of esters is 6. The third-order valence-electron chi connectivity index (χ3n) is 15.6. The van der Waals surface area contributed by atoms with Crippen LogP contribution in [0.3, 0.4) is 0 Å². The fraction of sp³-hybridized carbons (Fsp3) is 0.739. The van der Waals surface area contributed by atoms with Gasteiger partial charge in [0.15, 0.2) is 0 Å². The monoisotopic (exact) mass is 1890 g/mol. The first-order valence-corrected chi connectivity index (χ1v) is 38.3. The Morgan fingerprint density at radius 1 is 0.287 bits per heavy atom. The molecule has 0 saturated carbocycles. The maximum atomic E-state index is 12.1. The number of carbonyl (C=O) groups is 18. The molecule has 0 bridgehead atoms. The fourth-order valence-corrected chi connectivity index (χ4v) is 8.40. The molecule has 129 heavy (non-hydrogen) atoms. The molecule has 60 nitrogen and oxygen atoms in total. The zero-order valence-corrected chi connectivity index (χ0v) is 73.4. The number of nitrogens with one attached hydrogen (secondary N) is 6. The lowest BCUT2D eigenvalue weighted by Crippen LogP contribution is -2.50. The normalized spacial score (nSPS) is 14.4. The Morgan fingerprint density at radius 2 is 0.504 bits per heavy atom. The van der Waals surface area contributed by atoms with Crippen molar-refractivity contribution in [3.63, 3.8) is 0 Å². The molecule has 0 unspecified atom stereocenters. The molecule has 0 aliphatic rings. The maximum Gasteiger partial charge on any atom is 0.331 e. The highest BCUT2D eigenvalue weighted by Gasteiger charge is 2.38. The highest BCUT2D eigenvalue weighted by molar-refractivity contribution is 5.89. The summed E-state index contributed by atoms with van der Waals surface area (Å²) in [4.78, 5) is 228. The first-order valence-electron chi connectivity index (χ1n) is 38.3. The number of rotatable bonds is 58. The van der Waals surface area contributed by atoms with Crippen LogP contribution >= 0.6 is 0 Å². The zero-order chi connectivity index (χ0) is 101. The number of ether oxygens (including phenoxy) is 6. The Bertz CT molecular complexity index is 3350. The fourth-order valence-electron chi connectivity index (χ4n) is 8.40. The average Bonchev–Trinajstić information content (AvgIpc) is 0.851. The van der Waals surface area contributed by atoms with Crippen LogP contribution in [0.2, 0.25) is 0 Å². The average molecular weight is 1890 g/mol. The van der Waals surface area contributed by atoms with Crippen LogP contribution in [0.25, 0.3) is 0 Å². The van der Waals surface area contributed by atoms with Gasteiger partial charge in [-0.2, -0.15) is 29.3 Å². The minimum atomic E-state index is -1.21. The lowest BCUT2D eigenvalue weighted by atomic mass is 9.86. The Balaban J connectivity index is -0.000000352. The molecule has 30 N–H and O–H groups in total. The van der Waals surface area contributed by atoms with Gasteiger partial charge < -0.3 is 125 Å². The smallest absolute Gasteiger partial charge is 0.331 e. The molecule has 0 saturated heterocycles. The summed E-state index contributed by atoms with van der Waals surface area (Å²) >= 11 is 0. The molecule has 0 aromatic carbocycles. The van der Waals surface area contributed by atoms with Crippen molar-refractivity contribution in [1.29, 1.82) is 0 Å². The number of carbonyl (C=O) groups excluding carboxylic acids is 12. The topological polar surface area (TPSA) is 944 Å². The van der Waals surface area contributed by atoms with Gasteiger partial charge in [-0.05, 0) is 74.0 Å². The first kappa shape index (κ1) is 129. The van der Waals surface area contributed by atoms with Gasteiger partial charge in [-0.1, -0.05) is 113 Å². The van der Waals surface area contributed by atoms with E-state index in [2.05, 4.69) is 106 Å². The van der Waals surface area contributed by atoms with Gasteiger partial charge >= 0.3 is 71.6 Å². The predicted octanol–water partition coefficient (Wildman–Crippen LogP) is -3.10. The second-order valence-corrected chi connectivity index (χ2v) is 29.1. The number of amides is 6. The largest absolute Gasteiger partial charge is 0.480 e. The Kier molecular flexibility index (Phi) is 73.5. The number of aliphatic carboxylic acids is 6. The summed E-state index contributed by atoms with van der Waals surface area (Å²) in [5, 5.41) is 134. The first-order chi connectivity index (χ1) is 59.8. The Hall–Kier alpha value is -10.5. The molecule has 750 valence electrons. The van der Waals surface area contributed by atoms with Crippen LogP contribution in [0, 0.1) is 22.7 Å². The van der Waals surface area contributed by atoms with E-state index in [1.165, 1.54) is 20.8 Å². The van der Waals surface area contributed by atoms with Crippen molar-refractivity contribution in [1.82, 2.24) is 31.9 Å². The van der Waals surface area contributed by atoms with E-state index in [4.69, 9.17) is 111 Å². The van der Waals surface area contributed by atoms with Crippen LogP contribution < -0.4 is 66.3 Å². The van der Waals surface area contributed by atoms with Gasteiger partial charge in [0, 0.05) is 59.3 Å². The quantitative estimate of drug-likeness (QED) is 0.00716. The Morgan fingerprint density at radius 3 is 0.744 bits per heavy atom. The van der Waals surface area contributed by atoms with Crippen LogP contribution in [-0.4, -0.2) is 281 Å². The van der Waals surface area contributed by atoms with E-state index in [0.717, 1.165) is 0 Å². The van der Waals surface area contributed by atoms with Crippen molar-refractivity contribution in [3.8, 4) is 0 Å². The van der Waals surface area contributed by atoms with Crippen LogP contribution in [-0.2, 0) is 174 Å². The third kappa shape index (κ3) is 68.3. The van der Waals surface area contributed by atoms with Gasteiger partial charge in [0.1, 0.15) is 72.5 Å². The third-order valence-corrected chi connectivity index (χ3v) is 15.6. The van der Waals surface area contributed by atoms with Gasteiger partial charge in [0.25, 0.3) is 0 Å². The molecule has 0 heterocycles. The van der Waals surface area contributed by atoms with Crippen molar-refractivity contribution in [3.05, 3.63) is 0 Å². The summed E-state index contributed by atoms with van der Waals surface area (Å²) < 4.78 is 28.2. The van der Waals surface area contributed by atoms with Gasteiger partial charge in [-0.25, -0.2) is 60.3 Å². The van der Waals surface area contributed by atoms with Gasteiger partial charge in [-0.15, -0.1) is 0 Å². The molecule has 0 fully saturated rings. The molecule has 6 amide bonds. The molecule has 60 heteroatoms. The highest BCUT2D eigenvalue weighted by atomic mass is 17.5. The molecular formula is C69H126N12O48. The summed E-state index contributed by atoms with van der Waals surface area (Å²) in [6, 6.07) is -12.6. The highest BCUT2D eigenvalue weighted by Crippen LogP contribution is 2.23. The molecule has 0 spiro atoms. The van der Waals surface area contributed by atoms with Gasteiger partial charge in [-0.3, -0.25) is 57.5 Å². The van der Waals surface area contributed by atoms with E-state index in [0.29, 0.717) is 0 Å². The van der Waals surface area contributed by atoms with E-state index in [1.54, 1.807) is 83.1 Å². The van der Waals surface area contributed by atoms with Crippen LogP contribution in [0.1, 0.15) is 194 Å². The minimum Gasteiger partial charge on any atom is -0.480 e. The van der Waals surface area contributed by atoms with Crippen LogP contribution in [0.15, 0.2) is 0 Å². The van der Waals surface area contributed by atoms with Crippen LogP contribution in [0.5, 0.6) is 0 Å². The molecule has 0 rings (SSSR count). The Labute approximate surface area is 736 Å². The van der Waals surface area contributed by atoms with Crippen molar-refractivity contribution >= 4 is 107 Å². The number of nitrogens with two attached hydrogens (primary N) is 6. The van der Waals surface area contributed by atoms with Gasteiger partial charge in [0.05, 0.1) is 0 Å².